The molecule has 0 fully saturated rings. The lowest BCUT2D eigenvalue weighted by Crippen LogP contribution is -2.25. The Labute approximate surface area is 109 Å². The highest BCUT2D eigenvalue weighted by Crippen LogP contribution is 2.19. The summed E-state index contributed by atoms with van der Waals surface area (Å²) in [5.74, 6) is 7.81. The predicted octanol–water partition coefficient (Wildman–Crippen LogP) is 0.997. The van der Waals surface area contributed by atoms with Crippen molar-refractivity contribution in [2.24, 2.45) is 5.84 Å². The van der Waals surface area contributed by atoms with E-state index in [1.54, 1.807) is 0 Å². The number of nitrogens with zero attached hydrogens (tertiary/aromatic N) is 3. The van der Waals surface area contributed by atoms with Crippen LogP contribution in [0.15, 0.2) is 0 Å². The van der Waals surface area contributed by atoms with Gasteiger partial charge in [0.15, 0.2) is 0 Å². The molecule has 0 aliphatic heterocycles. The van der Waals surface area contributed by atoms with Crippen LogP contribution in [0.1, 0.15) is 25.2 Å². The summed E-state index contributed by atoms with van der Waals surface area (Å²) in [6, 6.07) is 0. The first kappa shape index (κ1) is 14.7. The first-order chi connectivity index (χ1) is 8.62. The van der Waals surface area contributed by atoms with Gasteiger partial charge in [-0.25, -0.2) is 15.8 Å². The fraction of sp³-hybridized carbons (Fsp3) is 0.667. The first-order valence-corrected chi connectivity index (χ1v) is 6.38. The Hall–Kier alpha value is -1.40. The molecule has 18 heavy (non-hydrogen) atoms. The van der Waals surface area contributed by atoms with Crippen molar-refractivity contribution in [3.63, 3.8) is 0 Å². The molecule has 4 N–H and O–H groups in total. The Morgan fingerprint density at radius 3 is 2.44 bits per heavy atom. The van der Waals surface area contributed by atoms with Crippen LogP contribution >= 0.6 is 0 Å². The highest BCUT2D eigenvalue weighted by atomic mass is 15.3. The van der Waals surface area contributed by atoms with Gasteiger partial charge in [-0.05, 0) is 20.5 Å². The molecule has 102 valence electrons. The molecule has 1 rings (SSSR count). The molecule has 0 unspecified atom stereocenters. The fourth-order valence-electron chi connectivity index (χ4n) is 1.56. The lowest BCUT2D eigenvalue weighted by Gasteiger charge is -2.16. The summed E-state index contributed by atoms with van der Waals surface area (Å²) in [6.45, 7) is 9.00. The molecule has 0 spiro atoms. The Kier molecular flexibility index (Phi) is 5.80. The van der Waals surface area contributed by atoms with E-state index in [-0.39, 0.29) is 0 Å². The molecule has 1 aromatic heterocycles. The van der Waals surface area contributed by atoms with Crippen LogP contribution in [0.3, 0.4) is 0 Å². The van der Waals surface area contributed by atoms with Crippen molar-refractivity contribution in [1.82, 2.24) is 14.9 Å². The van der Waals surface area contributed by atoms with Gasteiger partial charge in [0.25, 0.3) is 0 Å². The minimum absolute atomic E-state index is 0.688. The fourth-order valence-corrected chi connectivity index (χ4v) is 1.56. The molecular weight excluding hydrogens is 228 g/mol. The van der Waals surface area contributed by atoms with Gasteiger partial charge in [0.05, 0.1) is 0 Å². The smallest absolute Gasteiger partial charge is 0.148 e. The number of hydrogen-bond acceptors (Lipinski definition) is 6. The van der Waals surface area contributed by atoms with Crippen molar-refractivity contribution in [2.45, 2.75) is 27.2 Å². The van der Waals surface area contributed by atoms with Crippen LogP contribution in [0.4, 0.5) is 11.6 Å². The SMILES string of the molecule is CCc1nc(NN)c(C)c(NCCN(C)CC)n1. The maximum absolute atomic E-state index is 5.47. The van der Waals surface area contributed by atoms with E-state index in [0.717, 1.165) is 43.3 Å². The zero-order chi connectivity index (χ0) is 13.5. The number of hydrogen-bond donors (Lipinski definition) is 3. The van der Waals surface area contributed by atoms with E-state index >= 15 is 0 Å². The van der Waals surface area contributed by atoms with Crippen LogP contribution in [-0.2, 0) is 6.42 Å². The Morgan fingerprint density at radius 2 is 1.89 bits per heavy atom. The number of aryl methyl sites for hydroxylation is 1. The summed E-state index contributed by atoms with van der Waals surface area (Å²) in [6.07, 6.45) is 0.790. The van der Waals surface area contributed by atoms with Crippen molar-refractivity contribution in [3.8, 4) is 0 Å². The zero-order valence-electron chi connectivity index (χ0n) is 11.7. The highest BCUT2D eigenvalue weighted by molar-refractivity contribution is 5.56. The van der Waals surface area contributed by atoms with E-state index in [0.29, 0.717) is 5.82 Å². The Bertz CT molecular complexity index is 379. The molecule has 0 aliphatic rings. The molecule has 0 amide bonds. The van der Waals surface area contributed by atoms with Gasteiger partial charge in [-0.3, -0.25) is 0 Å². The van der Waals surface area contributed by atoms with Gasteiger partial charge in [-0.2, -0.15) is 0 Å². The maximum Gasteiger partial charge on any atom is 0.148 e. The molecular formula is C12H24N6. The second-order valence-electron chi connectivity index (χ2n) is 4.28. The van der Waals surface area contributed by atoms with Crippen LogP contribution in [0.5, 0.6) is 0 Å². The van der Waals surface area contributed by atoms with Gasteiger partial charge in [0.1, 0.15) is 17.5 Å². The third-order valence-electron chi connectivity index (χ3n) is 2.97. The monoisotopic (exact) mass is 252 g/mol. The molecule has 1 heterocycles. The van der Waals surface area contributed by atoms with Crippen LogP contribution in [0.25, 0.3) is 0 Å². The number of anilines is 2. The van der Waals surface area contributed by atoms with Gasteiger partial charge in [-0.1, -0.05) is 13.8 Å². The Balaban J connectivity index is 2.74. The molecule has 0 radical (unpaired) electrons. The minimum Gasteiger partial charge on any atom is -0.368 e. The Morgan fingerprint density at radius 1 is 1.22 bits per heavy atom. The molecule has 0 aliphatic carbocycles. The van der Waals surface area contributed by atoms with E-state index < -0.39 is 0 Å². The second-order valence-corrected chi connectivity index (χ2v) is 4.28. The molecule has 6 heteroatoms. The van der Waals surface area contributed by atoms with E-state index in [1.807, 2.05) is 13.8 Å². The topological polar surface area (TPSA) is 79.1 Å². The van der Waals surface area contributed by atoms with Crippen molar-refractivity contribution >= 4 is 11.6 Å². The van der Waals surface area contributed by atoms with E-state index in [2.05, 4.69) is 39.6 Å². The summed E-state index contributed by atoms with van der Waals surface area (Å²) in [5, 5.41) is 3.34. The average Bonchev–Trinajstić information content (AvgIpc) is 2.40. The lowest BCUT2D eigenvalue weighted by atomic mass is 10.3. The summed E-state index contributed by atoms with van der Waals surface area (Å²) in [5.41, 5.74) is 3.57. The number of hydrazine groups is 1. The van der Waals surface area contributed by atoms with Gasteiger partial charge in [-0.15, -0.1) is 0 Å². The van der Waals surface area contributed by atoms with Crippen LogP contribution in [0, 0.1) is 6.92 Å². The standard InChI is InChI=1S/C12H24N6/c1-5-10-15-11(9(3)12(16-10)17-13)14-7-8-18(4)6-2/h5-8,13H2,1-4H3,(H2,14,15,16,17). The number of nitrogens with one attached hydrogen (secondary N) is 2. The molecule has 0 bridgehead atoms. The third-order valence-corrected chi connectivity index (χ3v) is 2.97. The largest absolute Gasteiger partial charge is 0.368 e. The molecule has 0 saturated heterocycles. The average molecular weight is 252 g/mol. The van der Waals surface area contributed by atoms with Crippen LogP contribution < -0.4 is 16.6 Å². The van der Waals surface area contributed by atoms with Gasteiger partial charge in [0, 0.05) is 25.1 Å². The van der Waals surface area contributed by atoms with Crippen molar-refractivity contribution in [2.75, 3.05) is 37.4 Å². The molecule has 0 saturated carbocycles. The van der Waals surface area contributed by atoms with E-state index in [4.69, 9.17) is 5.84 Å². The summed E-state index contributed by atoms with van der Waals surface area (Å²) in [7, 11) is 2.10. The van der Waals surface area contributed by atoms with E-state index in [1.165, 1.54) is 0 Å². The van der Waals surface area contributed by atoms with Crippen LogP contribution in [0.2, 0.25) is 0 Å². The second kappa shape index (κ2) is 7.13. The predicted molar refractivity (Wildman–Crippen MR) is 75.6 cm³/mol. The van der Waals surface area contributed by atoms with Crippen molar-refractivity contribution < 1.29 is 0 Å². The number of rotatable bonds is 7. The van der Waals surface area contributed by atoms with Gasteiger partial charge >= 0.3 is 0 Å². The van der Waals surface area contributed by atoms with Gasteiger partial charge < -0.3 is 15.6 Å². The first-order valence-electron chi connectivity index (χ1n) is 6.38. The number of aromatic nitrogens is 2. The van der Waals surface area contributed by atoms with Gasteiger partial charge in [0.2, 0.25) is 0 Å². The normalized spacial score (nSPS) is 10.8. The number of likely N-dealkylation sites (N-methyl/N-ethyl adjacent to an activating group) is 1. The summed E-state index contributed by atoms with van der Waals surface area (Å²) >= 11 is 0. The number of nitrogen functional groups attached to an aromatic ring is 1. The van der Waals surface area contributed by atoms with Crippen molar-refractivity contribution in [1.29, 1.82) is 0 Å². The van der Waals surface area contributed by atoms with Crippen LogP contribution in [-0.4, -0.2) is 41.5 Å². The zero-order valence-corrected chi connectivity index (χ0v) is 11.7. The molecule has 0 atom stereocenters. The minimum atomic E-state index is 0.688. The molecule has 6 nitrogen and oxygen atoms in total. The summed E-state index contributed by atoms with van der Waals surface area (Å²) < 4.78 is 0. The highest BCUT2D eigenvalue weighted by Gasteiger charge is 2.09. The van der Waals surface area contributed by atoms with E-state index in [9.17, 15) is 0 Å². The summed E-state index contributed by atoms with van der Waals surface area (Å²) in [4.78, 5) is 11.1. The quantitative estimate of drug-likeness (QED) is 0.496. The van der Waals surface area contributed by atoms with Crippen molar-refractivity contribution in [3.05, 3.63) is 11.4 Å². The number of nitrogens with two attached hydrogens (primary N) is 1. The third kappa shape index (κ3) is 3.82. The maximum atomic E-state index is 5.47. The molecule has 0 aromatic carbocycles. The lowest BCUT2D eigenvalue weighted by molar-refractivity contribution is 0.367. The molecule has 1 aromatic rings.